The van der Waals surface area contributed by atoms with Crippen LogP contribution in [0.5, 0.6) is 0 Å². The second kappa shape index (κ2) is 8.21. The zero-order chi connectivity index (χ0) is 19.3. The van der Waals surface area contributed by atoms with Crippen molar-refractivity contribution in [3.63, 3.8) is 0 Å². The van der Waals surface area contributed by atoms with Crippen molar-refractivity contribution in [3.05, 3.63) is 60.3 Å². The van der Waals surface area contributed by atoms with E-state index in [2.05, 4.69) is 27.1 Å². The number of aromatic amines is 1. The average Bonchev–Trinajstić information content (AvgIpc) is 3.17. The quantitative estimate of drug-likeness (QED) is 0.739. The predicted octanol–water partition coefficient (Wildman–Crippen LogP) is 2.27. The molecule has 3 heterocycles. The number of carbonyl (C=O) groups excluding carboxylic acids is 2. The lowest BCUT2D eigenvalue weighted by molar-refractivity contribution is -0.132. The van der Waals surface area contributed by atoms with E-state index in [4.69, 9.17) is 0 Å². The molecule has 3 aromatic rings. The van der Waals surface area contributed by atoms with E-state index in [0.717, 1.165) is 18.4 Å². The maximum Gasteiger partial charge on any atom is 0.274 e. The summed E-state index contributed by atoms with van der Waals surface area (Å²) in [6, 6.07) is 8.22. The number of rotatable bonds is 5. The first-order valence-electron chi connectivity index (χ1n) is 9.60. The van der Waals surface area contributed by atoms with Crippen LogP contribution >= 0.6 is 0 Å². The molecule has 28 heavy (non-hydrogen) atoms. The molecule has 1 saturated heterocycles. The lowest BCUT2D eigenvalue weighted by atomic mass is 10.1. The Hall–Kier alpha value is -3.22. The van der Waals surface area contributed by atoms with E-state index in [1.807, 2.05) is 23.2 Å². The molecule has 144 valence electrons. The van der Waals surface area contributed by atoms with Crippen molar-refractivity contribution in [3.8, 4) is 0 Å². The van der Waals surface area contributed by atoms with Crippen LogP contribution in [0.4, 0.5) is 0 Å². The van der Waals surface area contributed by atoms with E-state index in [9.17, 15) is 9.59 Å². The third kappa shape index (κ3) is 3.88. The standard InChI is InChI=1S/C21H23N5O2/c27-20(7-3-4-16-14-24-18-6-2-1-5-17(16)18)25-10-12-26(13-11-25)21(28)19-15-22-8-9-23-19/h1-2,5-6,8-9,14-15,24H,3-4,7,10-13H2. The molecule has 1 N–H and O–H groups in total. The summed E-state index contributed by atoms with van der Waals surface area (Å²) in [5, 5.41) is 1.23. The molecule has 7 heteroatoms. The molecule has 1 aliphatic rings. The van der Waals surface area contributed by atoms with Gasteiger partial charge >= 0.3 is 0 Å². The van der Waals surface area contributed by atoms with Gasteiger partial charge in [-0.1, -0.05) is 18.2 Å². The minimum absolute atomic E-state index is 0.125. The molecule has 0 unspecified atom stereocenters. The summed E-state index contributed by atoms with van der Waals surface area (Å²) in [7, 11) is 0. The number of aryl methyl sites for hydroxylation is 1. The molecule has 1 aliphatic heterocycles. The second-order valence-electron chi connectivity index (χ2n) is 6.98. The van der Waals surface area contributed by atoms with Crippen molar-refractivity contribution in [1.82, 2.24) is 24.8 Å². The molecule has 0 radical (unpaired) electrons. The highest BCUT2D eigenvalue weighted by Crippen LogP contribution is 2.19. The topological polar surface area (TPSA) is 82.2 Å². The minimum Gasteiger partial charge on any atom is -0.361 e. The number of benzene rings is 1. The van der Waals surface area contributed by atoms with Crippen LogP contribution in [-0.4, -0.2) is 62.7 Å². The Morgan fingerprint density at radius 3 is 2.61 bits per heavy atom. The van der Waals surface area contributed by atoms with Gasteiger partial charge in [-0.05, 0) is 24.5 Å². The first kappa shape index (κ1) is 18.2. The monoisotopic (exact) mass is 377 g/mol. The first-order valence-corrected chi connectivity index (χ1v) is 9.60. The number of piperazine rings is 1. The average molecular weight is 377 g/mol. The largest absolute Gasteiger partial charge is 0.361 e. The van der Waals surface area contributed by atoms with Crippen LogP contribution in [0.25, 0.3) is 10.9 Å². The summed E-state index contributed by atoms with van der Waals surface area (Å²) in [6.07, 6.45) is 8.79. The fourth-order valence-electron chi connectivity index (χ4n) is 3.66. The van der Waals surface area contributed by atoms with E-state index in [0.29, 0.717) is 38.3 Å². The van der Waals surface area contributed by atoms with Gasteiger partial charge in [-0.25, -0.2) is 4.98 Å². The van der Waals surface area contributed by atoms with Gasteiger partial charge in [0, 0.05) is 62.1 Å². The van der Waals surface area contributed by atoms with Crippen molar-refractivity contribution in [2.75, 3.05) is 26.2 Å². The number of fused-ring (bicyclic) bond motifs is 1. The van der Waals surface area contributed by atoms with Crippen LogP contribution in [0.2, 0.25) is 0 Å². The van der Waals surface area contributed by atoms with Gasteiger partial charge in [0.05, 0.1) is 6.20 Å². The number of carbonyl (C=O) groups is 2. The Morgan fingerprint density at radius 2 is 1.82 bits per heavy atom. The van der Waals surface area contributed by atoms with Crippen molar-refractivity contribution in [2.24, 2.45) is 0 Å². The van der Waals surface area contributed by atoms with Crippen molar-refractivity contribution >= 4 is 22.7 Å². The lowest BCUT2D eigenvalue weighted by Gasteiger charge is -2.34. The first-order chi connectivity index (χ1) is 13.7. The number of amides is 2. The van der Waals surface area contributed by atoms with Crippen LogP contribution in [0.3, 0.4) is 0 Å². The van der Waals surface area contributed by atoms with Gasteiger partial charge in [0.1, 0.15) is 5.69 Å². The molecular weight excluding hydrogens is 354 g/mol. The number of hydrogen-bond acceptors (Lipinski definition) is 4. The number of nitrogens with one attached hydrogen (secondary N) is 1. The van der Waals surface area contributed by atoms with Crippen LogP contribution in [0.15, 0.2) is 49.1 Å². The zero-order valence-electron chi connectivity index (χ0n) is 15.7. The molecule has 2 amide bonds. The van der Waals surface area contributed by atoms with Crippen LogP contribution in [-0.2, 0) is 11.2 Å². The number of hydrogen-bond donors (Lipinski definition) is 1. The molecule has 0 aliphatic carbocycles. The Bertz CT molecular complexity index is 961. The Kier molecular flexibility index (Phi) is 5.32. The van der Waals surface area contributed by atoms with Gasteiger partial charge < -0.3 is 14.8 Å². The van der Waals surface area contributed by atoms with Gasteiger partial charge in [-0.3, -0.25) is 14.6 Å². The third-order valence-electron chi connectivity index (χ3n) is 5.21. The number of H-pyrrole nitrogens is 1. The number of nitrogens with zero attached hydrogens (tertiary/aromatic N) is 4. The predicted molar refractivity (Wildman–Crippen MR) is 106 cm³/mol. The summed E-state index contributed by atoms with van der Waals surface area (Å²) in [4.78, 5) is 39.8. The van der Waals surface area contributed by atoms with E-state index in [-0.39, 0.29) is 11.8 Å². The van der Waals surface area contributed by atoms with Gasteiger partial charge in [0.2, 0.25) is 5.91 Å². The van der Waals surface area contributed by atoms with E-state index in [1.165, 1.54) is 23.3 Å². The summed E-state index contributed by atoms with van der Waals surface area (Å²) in [6.45, 7) is 2.20. The molecular formula is C21H23N5O2. The van der Waals surface area contributed by atoms with E-state index < -0.39 is 0 Å². The summed E-state index contributed by atoms with van der Waals surface area (Å²) < 4.78 is 0. The van der Waals surface area contributed by atoms with Crippen LogP contribution in [0.1, 0.15) is 28.9 Å². The fraction of sp³-hybridized carbons (Fsp3) is 0.333. The SMILES string of the molecule is O=C(CCCc1c[nH]c2ccccc12)N1CCN(C(=O)c2cnccn2)CC1. The third-order valence-corrected chi connectivity index (χ3v) is 5.21. The van der Waals surface area contributed by atoms with Gasteiger partial charge in [0.25, 0.3) is 5.91 Å². The highest BCUT2D eigenvalue weighted by atomic mass is 16.2. The van der Waals surface area contributed by atoms with Gasteiger partial charge in [-0.2, -0.15) is 0 Å². The van der Waals surface area contributed by atoms with Crippen molar-refractivity contribution < 1.29 is 9.59 Å². The molecule has 0 spiro atoms. The summed E-state index contributed by atoms with van der Waals surface area (Å²) in [5.41, 5.74) is 2.73. The Morgan fingerprint density at radius 1 is 1.04 bits per heavy atom. The zero-order valence-corrected chi connectivity index (χ0v) is 15.7. The molecule has 4 rings (SSSR count). The van der Waals surface area contributed by atoms with Crippen LogP contribution in [0, 0.1) is 0 Å². The van der Waals surface area contributed by atoms with E-state index in [1.54, 1.807) is 11.1 Å². The minimum atomic E-state index is -0.125. The molecule has 2 aromatic heterocycles. The summed E-state index contributed by atoms with van der Waals surface area (Å²) >= 11 is 0. The fourth-order valence-corrected chi connectivity index (χ4v) is 3.66. The Balaban J connectivity index is 1.25. The highest BCUT2D eigenvalue weighted by molar-refractivity contribution is 5.92. The van der Waals surface area contributed by atoms with Gasteiger partial charge in [0.15, 0.2) is 0 Å². The number of aromatic nitrogens is 3. The second-order valence-corrected chi connectivity index (χ2v) is 6.98. The molecule has 1 fully saturated rings. The molecule has 1 aromatic carbocycles. The van der Waals surface area contributed by atoms with E-state index >= 15 is 0 Å². The maximum atomic E-state index is 12.5. The maximum absolute atomic E-state index is 12.5. The van der Waals surface area contributed by atoms with Crippen molar-refractivity contribution in [1.29, 1.82) is 0 Å². The Labute approximate surface area is 163 Å². The molecule has 0 saturated carbocycles. The van der Waals surface area contributed by atoms with Crippen molar-refractivity contribution in [2.45, 2.75) is 19.3 Å². The molecule has 7 nitrogen and oxygen atoms in total. The molecule has 0 atom stereocenters. The summed E-state index contributed by atoms with van der Waals surface area (Å²) in [5.74, 6) is 0.0333. The van der Waals surface area contributed by atoms with Gasteiger partial charge in [-0.15, -0.1) is 0 Å². The molecule has 0 bridgehead atoms. The smallest absolute Gasteiger partial charge is 0.274 e. The van der Waals surface area contributed by atoms with Crippen LogP contribution < -0.4 is 0 Å². The lowest BCUT2D eigenvalue weighted by Crippen LogP contribution is -2.50. The highest BCUT2D eigenvalue weighted by Gasteiger charge is 2.25. The normalized spacial score (nSPS) is 14.4. The number of para-hydroxylation sites is 1.